The molecule has 6 nitrogen and oxygen atoms in total. The lowest BCUT2D eigenvalue weighted by atomic mass is 10.2. The van der Waals surface area contributed by atoms with Crippen molar-refractivity contribution in [3.05, 3.63) is 53.9 Å². The number of ether oxygens (including phenoxy) is 2. The van der Waals surface area contributed by atoms with E-state index >= 15 is 0 Å². The van der Waals surface area contributed by atoms with Crippen molar-refractivity contribution in [2.45, 2.75) is 44.8 Å². The molecule has 0 saturated heterocycles. The maximum absolute atomic E-state index is 6.18. The molecule has 0 amide bonds. The molecule has 2 N–H and O–H groups in total. The molecule has 1 aromatic heterocycles. The fourth-order valence-electron chi connectivity index (χ4n) is 3.37. The Morgan fingerprint density at radius 2 is 2.00 bits per heavy atom. The fraction of sp³-hybridized carbons (Fsp3) is 0.455. The van der Waals surface area contributed by atoms with Crippen LogP contribution in [0.2, 0.25) is 0 Å². The smallest absolute Gasteiger partial charge is 0.191 e. The molecule has 3 rings (SSSR count). The van der Waals surface area contributed by atoms with Crippen molar-refractivity contribution in [3.8, 4) is 11.5 Å². The number of rotatable bonds is 8. The summed E-state index contributed by atoms with van der Waals surface area (Å²) < 4.78 is 11.6. The minimum absolute atomic E-state index is 0.304. The molecule has 0 spiro atoms. The quantitative estimate of drug-likeness (QED) is 0.541. The zero-order valence-electron chi connectivity index (χ0n) is 16.8. The van der Waals surface area contributed by atoms with Crippen molar-refractivity contribution in [2.24, 2.45) is 4.99 Å². The number of aliphatic imine (C=N–C) groups is 1. The second kappa shape index (κ2) is 10.5. The van der Waals surface area contributed by atoms with Crippen LogP contribution in [-0.2, 0) is 13.0 Å². The van der Waals surface area contributed by atoms with E-state index in [-0.39, 0.29) is 0 Å². The summed E-state index contributed by atoms with van der Waals surface area (Å²) in [7, 11) is 3.46. The van der Waals surface area contributed by atoms with Gasteiger partial charge in [0.05, 0.1) is 13.2 Å². The molecule has 0 radical (unpaired) electrons. The van der Waals surface area contributed by atoms with Gasteiger partial charge in [-0.05, 0) is 55.5 Å². The highest BCUT2D eigenvalue weighted by atomic mass is 16.5. The summed E-state index contributed by atoms with van der Waals surface area (Å²) in [6, 6.07) is 12.0. The molecule has 28 heavy (non-hydrogen) atoms. The SMILES string of the molecule is CN=C(NCCc1ccccn1)NCc1ccc(OC)c(OC2CCCC2)c1. The van der Waals surface area contributed by atoms with E-state index in [1.54, 1.807) is 14.2 Å². The van der Waals surface area contributed by atoms with E-state index in [2.05, 4.69) is 32.7 Å². The van der Waals surface area contributed by atoms with Crippen LogP contribution in [0.25, 0.3) is 0 Å². The molecular formula is C22H30N4O2. The third-order valence-electron chi connectivity index (χ3n) is 4.91. The standard InChI is InChI=1S/C22H30N4O2/c1-23-22(25-14-12-18-7-5-6-13-24-18)26-16-17-10-11-20(27-2)21(15-17)28-19-8-3-4-9-19/h5-7,10-11,13,15,19H,3-4,8-9,12,14,16H2,1-2H3,(H2,23,25,26). The minimum Gasteiger partial charge on any atom is -0.493 e. The maximum atomic E-state index is 6.18. The summed E-state index contributed by atoms with van der Waals surface area (Å²) in [6.07, 6.45) is 7.71. The van der Waals surface area contributed by atoms with Gasteiger partial charge in [-0.3, -0.25) is 9.98 Å². The van der Waals surface area contributed by atoms with Gasteiger partial charge in [-0.25, -0.2) is 0 Å². The van der Waals surface area contributed by atoms with E-state index in [0.717, 1.165) is 54.5 Å². The fourth-order valence-corrected chi connectivity index (χ4v) is 3.37. The first-order valence-electron chi connectivity index (χ1n) is 9.96. The first-order chi connectivity index (χ1) is 13.8. The largest absolute Gasteiger partial charge is 0.493 e. The predicted molar refractivity (Wildman–Crippen MR) is 112 cm³/mol. The number of benzene rings is 1. The number of hydrogen-bond acceptors (Lipinski definition) is 4. The number of guanidine groups is 1. The van der Waals surface area contributed by atoms with Crippen LogP contribution in [0.3, 0.4) is 0 Å². The number of pyridine rings is 1. The first kappa shape index (κ1) is 20.0. The van der Waals surface area contributed by atoms with Crippen molar-refractivity contribution in [1.29, 1.82) is 0 Å². The Balaban J connectivity index is 1.51. The Labute approximate surface area is 167 Å². The van der Waals surface area contributed by atoms with Crippen LogP contribution in [0.4, 0.5) is 0 Å². The summed E-state index contributed by atoms with van der Waals surface area (Å²) in [5.41, 5.74) is 2.19. The van der Waals surface area contributed by atoms with Crippen LogP contribution in [-0.4, -0.2) is 37.7 Å². The van der Waals surface area contributed by atoms with Gasteiger partial charge in [-0.1, -0.05) is 12.1 Å². The van der Waals surface area contributed by atoms with Crippen LogP contribution in [0.15, 0.2) is 47.6 Å². The van der Waals surface area contributed by atoms with Crippen molar-refractivity contribution in [1.82, 2.24) is 15.6 Å². The second-order valence-corrected chi connectivity index (χ2v) is 6.93. The van der Waals surface area contributed by atoms with Gasteiger partial charge in [-0.15, -0.1) is 0 Å². The third kappa shape index (κ3) is 5.87. The molecule has 0 atom stereocenters. The average Bonchev–Trinajstić information content (AvgIpc) is 3.24. The van der Waals surface area contributed by atoms with E-state index in [9.17, 15) is 0 Å². The molecule has 0 unspecified atom stereocenters. The van der Waals surface area contributed by atoms with Crippen LogP contribution in [0.5, 0.6) is 11.5 Å². The number of methoxy groups -OCH3 is 1. The van der Waals surface area contributed by atoms with Gasteiger partial charge in [0.25, 0.3) is 0 Å². The van der Waals surface area contributed by atoms with Gasteiger partial charge in [0.1, 0.15) is 0 Å². The zero-order chi connectivity index (χ0) is 19.6. The van der Waals surface area contributed by atoms with Crippen molar-refractivity contribution >= 4 is 5.96 Å². The highest BCUT2D eigenvalue weighted by molar-refractivity contribution is 5.79. The molecular weight excluding hydrogens is 352 g/mol. The maximum Gasteiger partial charge on any atom is 0.191 e. The lowest BCUT2D eigenvalue weighted by molar-refractivity contribution is 0.200. The number of aromatic nitrogens is 1. The van der Waals surface area contributed by atoms with Crippen molar-refractivity contribution < 1.29 is 9.47 Å². The van der Waals surface area contributed by atoms with Crippen LogP contribution in [0.1, 0.15) is 36.9 Å². The van der Waals surface area contributed by atoms with Gasteiger partial charge in [-0.2, -0.15) is 0 Å². The number of nitrogens with one attached hydrogen (secondary N) is 2. The predicted octanol–water partition coefficient (Wildman–Crippen LogP) is 3.32. The Morgan fingerprint density at radius 1 is 1.14 bits per heavy atom. The lowest BCUT2D eigenvalue weighted by Gasteiger charge is -2.17. The van der Waals surface area contributed by atoms with Gasteiger partial charge >= 0.3 is 0 Å². The van der Waals surface area contributed by atoms with Crippen LogP contribution in [0, 0.1) is 0 Å². The van der Waals surface area contributed by atoms with Gasteiger partial charge < -0.3 is 20.1 Å². The monoisotopic (exact) mass is 382 g/mol. The summed E-state index contributed by atoms with van der Waals surface area (Å²) in [5.74, 6) is 2.38. The van der Waals surface area contributed by atoms with Gasteiger partial charge in [0.2, 0.25) is 0 Å². The van der Waals surface area contributed by atoms with Crippen LogP contribution < -0.4 is 20.1 Å². The van der Waals surface area contributed by atoms with Gasteiger partial charge in [0, 0.05) is 38.4 Å². The molecule has 2 aromatic rings. The third-order valence-corrected chi connectivity index (χ3v) is 4.91. The highest BCUT2D eigenvalue weighted by Crippen LogP contribution is 2.32. The van der Waals surface area contributed by atoms with E-state index in [1.807, 2.05) is 30.5 Å². The van der Waals surface area contributed by atoms with Crippen molar-refractivity contribution in [3.63, 3.8) is 0 Å². The summed E-state index contributed by atoms with van der Waals surface area (Å²) in [6.45, 7) is 1.43. The topological polar surface area (TPSA) is 67.8 Å². The number of hydrogen-bond donors (Lipinski definition) is 2. The lowest BCUT2D eigenvalue weighted by Crippen LogP contribution is -2.37. The normalized spacial score (nSPS) is 14.7. The molecule has 1 saturated carbocycles. The molecule has 1 heterocycles. The van der Waals surface area contributed by atoms with Crippen molar-refractivity contribution in [2.75, 3.05) is 20.7 Å². The summed E-state index contributed by atoms with van der Waals surface area (Å²) >= 11 is 0. The Morgan fingerprint density at radius 3 is 2.71 bits per heavy atom. The van der Waals surface area contributed by atoms with E-state index in [1.165, 1.54) is 12.8 Å². The molecule has 0 bridgehead atoms. The van der Waals surface area contributed by atoms with Crippen LogP contribution >= 0.6 is 0 Å². The minimum atomic E-state index is 0.304. The highest BCUT2D eigenvalue weighted by Gasteiger charge is 2.18. The molecule has 0 aliphatic heterocycles. The first-order valence-corrected chi connectivity index (χ1v) is 9.96. The molecule has 1 fully saturated rings. The summed E-state index contributed by atoms with van der Waals surface area (Å²) in [4.78, 5) is 8.63. The van der Waals surface area contributed by atoms with E-state index in [4.69, 9.17) is 9.47 Å². The molecule has 150 valence electrons. The number of nitrogens with zero attached hydrogens (tertiary/aromatic N) is 2. The Hall–Kier alpha value is -2.76. The summed E-state index contributed by atoms with van der Waals surface area (Å²) in [5, 5.41) is 6.68. The molecule has 1 aromatic carbocycles. The van der Waals surface area contributed by atoms with E-state index < -0.39 is 0 Å². The second-order valence-electron chi connectivity index (χ2n) is 6.93. The average molecular weight is 383 g/mol. The van der Waals surface area contributed by atoms with E-state index in [0.29, 0.717) is 12.6 Å². The van der Waals surface area contributed by atoms with Gasteiger partial charge in [0.15, 0.2) is 17.5 Å². The molecule has 6 heteroatoms. The molecule has 1 aliphatic rings. The Kier molecular flexibility index (Phi) is 7.53. The molecule has 1 aliphatic carbocycles. The zero-order valence-corrected chi connectivity index (χ0v) is 16.8. The Bertz CT molecular complexity index is 758.